The Kier molecular flexibility index (Phi) is 4.71. The van der Waals surface area contributed by atoms with Crippen molar-refractivity contribution < 1.29 is 9.90 Å². The number of amides is 1. The third-order valence-corrected chi connectivity index (χ3v) is 5.13. The molecule has 0 aliphatic carbocycles. The van der Waals surface area contributed by atoms with Crippen LogP contribution in [-0.2, 0) is 17.8 Å². The summed E-state index contributed by atoms with van der Waals surface area (Å²) in [5.41, 5.74) is 3.27. The Labute approximate surface area is 153 Å². The molecule has 4 rings (SSSR count). The Morgan fingerprint density at radius 2 is 1.96 bits per heavy atom. The van der Waals surface area contributed by atoms with Crippen LogP contribution in [0.5, 0.6) is 0 Å². The van der Waals surface area contributed by atoms with Crippen molar-refractivity contribution >= 4 is 17.4 Å². The van der Waals surface area contributed by atoms with E-state index in [2.05, 4.69) is 16.3 Å². The van der Waals surface area contributed by atoms with Gasteiger partial charge in [0.2, 0.25) is 5.91 Å². The van der Waals surface area contributed by atoms with Gasteiger partial charge in [-0.3, -0.25) is 4.79 Å². The van der Waals surface area contributed by atoms with Gasteiger partial charge in [0.1, 0.15) is 11.9 Å². The maximum absolute atomic E-state index is 12.9. The van der Waals surface area contributed by atoms with E-state index in [0.29, 0.717) is 6.42 Å². The van der Waals surface area contributed by atoms with Crippen LogP contribution < -0.4 is 5.32 Å². The molecule has 2 aromatic carbocycles. The van der Waals surface area contributed by atoms with Crippen LogP contribution in [0, 0.1) is 0 Å². The zero-order valence-corrected chi connectivity index (χ0v) is 14.6. The highest BCUT2D eigenvalue weighted by Gasteiger charge is 2.37. The smallest absolute Gasteiger partial charge is 0.243 e. The van der Waals surface area contributed by atoms with Crippen molar-refractivity contribution in [2.24, 2.45) is 4.99 Å². The van der Waals surface area contributed by atoms with Gasteiger partial charge in [0.15, 0.2) is 0 Å². The first-order chi connectivity index (χ1) is 12.7. The van der Waals surface area contributed by atoms with Crippen molar-refractivity contribution in [3.63, 3.8) is 0 Å². The van der Waals surface area contributed by atoms with E-state index in [1.54, 1.807) is 0 Å². The summed E-state index contributed by atoms with van der Waals surface area (Å²) in [5.74, 6) is 0.969. The highest BCUT2D eigenvalue weighted by atomic mass is 16.3. The number of carbonyl (C=O) groups is 1. The summed E-state index contributed by atoms with van der Waals surface area (Å²) >= 11 is 0. The SMILES string of the molecule is O=C(NC(CO)Cc1ccccc1)[C@H]1CCC2=Nc3ccccc3CN21. The second-order valence-corrected chi connectivity index (χ2v) is 6.92. The van der Waals surface area contributed by atoms with E-state index in [4.69, 9.17) is 4.99 Å². The predicted octanol–water partition coefficient (Wildman–Crippen LogP) is 2.41. The van der Waals surface area contributed by atoms with Gasteiger partial charge in [-0.2, -0.15) is 0 Å². The summed E-state index contributed by atoms with van der Waals surface area (Å²) in [6.07, 6.45) is 2.20. The number of para-hydroxylation sites is 1. The molecule has 1 amide bonds. The van der Waals surface area contributed by atoms with E-state index in [0.717, 1.165) is 42.0 Å². The average molecular weight is 349 g/mol. The normalized spacial score (nSPS) is 19.3. The van der Waals surface area contributed by atoms with Gasteiger partial charge in [-0.25, -0.2) is 4.99 Å². The summed E-state index contributed by atoms with van der Waals surface area (Å²) in [4.78, 5) is 19.7. The Hall–Kier alpha value is -2.66. The third kappa shape index (κ3) is 3.35. The van der Waals surface area contributed by atoms with Crippen LogP contribution in [0.1, 0.15) is 24.0 Å². The van der Waals surface area contributed by atoms with E-state index in [9.17, 15) is 9.90 Å². The van der Waals surface area contributed by atoms with Gasteiger partial charge < -0.3 is 15.3 Å². The lowest BCUT2D eigenvalue weighted by molar-refractivity contribution is -0.125. The topological polar surface area (TPSA) is 64.9 Å². The molecule has 5 nitrogen and oxygen atoms in total. The van der Waals surface area contributed by atoms with Gasteiger partial charge in [0, 0.05) is 13.0 Å². The van der Waals surface area contributed by atoms with Crippen molar-refractivity contribution in [1.82, 2.24) is 10.2 Å². The fraction of sp³-hybridized carbons (Fsp3) is 0.333. The van der Waals surface area contributed by atoms with Crippen LogP contribution in [0.2, 0.25) is 0 Å². The Balaban J connectivity index is 1.44. The Morgan fingerprint density at radius 1 is 1.19 bits per heavy atom. The van der Waals surface area contributed by atoms with Crippen LogP contribution in [0.25, 0.3) is 0 Å². The summed E-state index contributed by atoms with van der Waals surface area (Å²) in [5, 5.41) is 12.7. The molecule has 2 aliphatic heterocycles. The van der Waals surface area contributed by atoms with Crippen molar-refractivity contribution in [2.45, 2.75) is 37.9 Å². The van der Waals surface area contributed by atoms with E-state index >= 15 is 0 Å². The molecule has 134 valence electrons. The first kappa shape index (κ1) is 16.8. The molecule has 0 radical (unpaired) electrons. The Bertz CT molecular complexity index is 819. The lowest BCUT2D eigenvalue weighted by Crippen LogP contribution is -2.49. The van der Waals surface area contributed by atoms with Crippen molar-refractivity contribution in [2.75, 3.05) is 6.61 Å². The average Bonchev–Trinajstić information content (AvgIpc) is 3.09. The maximum Gasteiger partial charge on any atom is 0.243 e. The molecule has 5 heteroatoms. The third-order valence-electron chi connectivity index (χ3n) is 5.13. The summed E-state index contributed by atoms with van der Waals surface area (Å²) in [7, 11) is 0. The van der Waals surface area contributed by atoms with E-state index in [1.807, 2.05) is 48.5 Å². The van der Waals surface area contributed by atoms with E-state index in [1.165, 1.54) is 0 Å². The van der Waals surface area contributed by atoms with Crippen LogP contribution >= 0.6 is 0 Å². The molecule has 1 fully saturated rings. The molecule has 2 heterocycles. The van der Waals surface area contributed by atoms with Gasteiger partial charge in [0.05, 0.1) is 18.3 Å². The minimum Gasteiger partial charge on any atom is -0.394 e. The second kappa shape index (κ2) is 7.30. The van der Waals surface area contributed by atoms with E-state index in [-0.39, 0.29) is 24.6 Å². The van der Waals surface area contributed by atoms with Crippen molar-refractivity contribution in [3.8, 4) is 0 Å². The number of benzene rings is 2. The van der Waals surface area contributed by atoms with Crippen molar-refractivity contribution in [1.29, 1.82) is 0 Å². The highest BCUT2D eigenvalue weighted by molar-refractivity contribution is 5.95. The molecule has 0 saturated carbocycles. The highest BCUT2D eigenvalue weighted by Crippen LogP contribution is 2.33. The van der Waals surface area contributed by atoms with Gasteiger partial charge in [-0.05, 0) is 30.0 Å². The van der Waals surface area contributed by atoms with Gasteiger partial charge >= 0.3 is 0 Å². The van der Waals surface area contributed by atoms with Crippen LogP contribution in [-0.4, -0.2) is 40.4 Å². The molecule has 0 bridgehead atoms. The number of aliphatic hydroxyl groups excluding tert-OH is 1. The first-order valence-electron chi connectivity index (χ1n) is 9.12. The fourth-order valence-electron chi connectivity index (χ4n) is 3.77. The molecular formula is C21H23N3O2. The van der Waals surface area contributed by atoms with Gasteiger partial charge in [-0.15, -0.1) is 0 Å². The molecule has 0 spiro atoms. The lowest BCUT2D eigenvalue weighted by atomic mass is 10.1. The zero-order chi connectivity index (χ0) is 17.9. The number of aliphatic imine (C=N–C) groups is 1. The van der Waals surface area contributed by atoms with Crippen LogP contribution in [0.15, 0.2) is 59.6 Å². The summed E-state index contributed by atoms with van der Waals surface area (Å²) in [6.45, 7) is 0.646. The molecule has 2 aliphatic rings. The molecule has 1 saturated heterocycles. The number of nitrogens with one attached hydrogen (secondary N) is 1. The number of rotatable bonds is 5. The zero-order valence-electron chi connectivity index (χ0n) is 14.6. The number of hydrogen-bond donors (Lipinski definition) is 2. The quantitative estimate of drug-likeness (QED) is 0.871. The number of nitrogens with zero attached hydrogens (tertiary/aromatic N) is 2. The molecular weight excluding hydrogens is 326 g/mol. The summed E-state index contributed by atoms with van der Waals surface area (Å²) < 4.78 is 0. The lowest BCUT2D eigenvalue weighted by Gasteiger charge is -2.30. The monoisotopic (exact) mass is 349 g/mol. The molecule has 2 N–H and O–H groups in total. The van der Waals surface area contributed by atoms with E-state index < -0.39 is 0 Å². The van der Waals surface area contributed by atoms with Gasteiger partial charge in [0.25, 0.3) is 0 Å². The number of hydrogen-bond acceptors (Lipinski definition) is 4. The Morgan fingerprint density at radius 3 is 2.77 bits per heavy atom. The molecule has 2 atom stereocenters. The first-order valence-corrected chi connectivity index (χ1v) is 9.12. The fourth-order valence-corrected chi connectivity index (χ4v) is 3.77. The minimum atomic E-state index is -0.275. The van der Waals surface area contributed by atoms with Crippen LogP contribution in [0.3, 0.4) is 0 Å². The maximum atomic E-state index is 12.9. The number of carbonyl (C=O) groups excluding carboxylic acids is 1. The largest absolute Gasteiger partial charge is 0.394 e. The van der Waals surface area contributed by atoms with Crippen molar-refractivity contribution in [3.05, 3.63) is 65.7 Å². The number of aliphatic hydroxyl groups is 1. The number of amidine groups is 1. The minimum absolute atomic E-state index is 0.0236. The standard InChI is InChI=1S/C21H23N3O2/c25-14-17(12-15-6-2-1-3-7-15)22-21(26)19-10-11-20-23-18-9-5-4-8-16(18)13-24(19)20/h1-9,17,19,25H,10-14H2,(H,22,26)/t17?,19-/m1/s1. The number of fused-ring (bicyclic) bond motifs is 2. The molecule has 26 heavy (non-hydrogen) atoms. The second-order valence-electron chi connectivity index (χ2n) is 6.92. The predicted molar refractivity (Wildman–Crippen MR) is 101 cm³/mol. The van der Waals surface area contributed by atoms with Gasteiger partial charge in [-0.1, -0.05) is 48.5 Å². The molecule has 0 aromatic heterocycles. The molecule has 1 unspecified atom stereocenters. The van der Waals surface area contributed by atoms with Crippen LogP contribution in [0.4, 0.5) is 5.69 Å². The molecule has 2 aromatic rings. The summed E-state index contributed by atoms with van der Waals surface area (Å²) in [6, 6.07) is 17.5.